The Morgan fingerprint density at radius 3 is 2.65 bits per heavy atom. The summed E-state index contributed by atoms with van der Waals surface area (Å²) in [6, 6.07) is 12.7. The summed E-state index contributed by atoms with van der Waals surface area (Å²) >= 11 is 6.10. The fraction of sp³-hybridized carbons (Fsp3) is 0.154. The monoisotopic (exact) mass is 566 g/mol. The van der Waals surface area contributed by atoms with Crippen molar-refractivity contribution in [2.75, 3.05) is 16.9 Å². The molecular formula is C26H27ClN8O5. The molecule has 2 aromatic carbocycles. The van der Waals surface area contributed by atoms with Crippen LogP contribution in [0.2, 0.25) is 5.02 Å². The van der Waals surface area contributed by atoms with Crippen molar-refractivity contribution in [2.24, 2.45) is 16.8 Å². The molecule has 0 aliphatic rings. The van der Waals surface area contributed by atoms with Crippen molar-refractivity contribution < 1.29 is 19.1 Å². The molecule has 2 amide bonds. The fourth-order valence-corrected chi connectivity index (χ4v) is 3.67. The molecular weight excluding hydrogens is 540 g/mol. The number of carbonyl (C=O) groups excluding carboxylic acids is 3. The molecule has 14 heteroatoms. The van der Waals surface area contributed by atoms with E-state index < -0.39 is 29.4 Å². The molecule has 3 rings (SSSR count). The van der Waals surface area contributed by atoms with Gasteiger partial charge in [-0.1, -0.05) is 41.9 Å². The predicted octanol–water partition coefficient (Wildman–Crippen LogP) is 1.56. The Bertz CT molecular complexity index is 1480. The topological polar surface area (TPSA) is 198 Å². The highest BCUT2D eigenvalue weighted by Gasteiger charge is 2.22. The molecule has 1 atom stereocenters. The van der Waals surface area contributed by atoms with Gasteiger partial charge < -0.3 is 15.9 Å². The lowest BCUT2D eigenvalue weighted by Gasteiger charge is -2.18. The van der Waals surface area contributed by atoms with Crippen molar-refractivity contribution in [2.45, 2.75) is 19.4 Å². The average Bonchev–Trinajstić information content (AvgIpc) is 2.92. The zero-order chi connectivity index (χ0) is 29.1. The van der Waals surface area contributed by atoms with E-state index in [4.69, 9.17) is 28.0 Å². The Morgan fingerprint density at radius 1 is 1.23 bits per heavy atom. The number of hydrogen-bond acceptors (Lipinski definition) is 9. The maximum absolute atomic E-state index is 13.1. The zero-order valence-electron chi connectivity index (χ0n) is 21.3. The Labute approximate surface area is 233 Å². The molecule has 0 bridgehead atoms. The van der Waals surface area contributed by atoms with Crippen molar-refractivity contribution in [1.29, 1.82) is 0 Å². The Morgan fingerprint density at radius 2 is 1.98 bits per heavy atom. The van der Waals surface area contributed by atoms with Crippen molar-refractivity contribution in [3.05, 3.63) is 92.9 Å². The lowest BCUT2D eigenvalue weighted by atomic mass is 10.1. The van der Waals surface area contributed by atoms with Crippen LogP contribution in [-0.2, 0) is 20.7 Å². The molecule has 208 valence electrons. The Kier molecular flexibility index (Phi) is 10.5. The summed E-state index contributed by atoms with van der Waals surface area (Å²) in [5.41, 5.74) is 0.609. The number of nitrogens with two attached hydrogens (primary N) is 2. The van der Waals surface area contributed by atoms with Gasteiger partial charge >= 0.3 is 5.97 Å². The molecule has 1 aromatic heterocycles. The molecule has 0 fully saturated rings. The van der Waals surface area contributed by atoms with Crippen molar-refractivity contribution in [3.8, 4) is 0 Å². The average molecular weight is 567 g/mol. The van der Waals surface area contributed by atoms with E-state index in [1.54, 1.807) is 49.4 Å². The van der Waals surface area contributed by atoms with E-state index in [1.807, 2.05) is 6.07 Å². The molecule has 0 aliphatic heterocycles. The van der Waals surface area contributed by atoms with Crippen LogP contribution in [0.25, 0.3) is 6.08 Å². The largest absolute Gasteiger partial charge is 0.462 e. The number of anilines is 2. The highest BCUT2D eigenvalue weighted by atomic mass is 35.5. The highest BCUT2D eigenvalue weighted by Crippen LogP contribution is 2.23. The van der Waals surface area contributed by atoms with Crippen LogP contribution >= 0.6 is 11.6 Å². The molecule has 0 aliphatic carbocycles. The van der Waals surface area contributed by atoms with Gasteiger partial charge in [-0.05, 0) is 36.8 Å². The van der Waals surface area contributed by atoms with E-state index in [2.05, 4.69) is 25.7 Å². The van der Waals surface area contributed by atoms with Gasteiger partial charge in [-0.15, -0.1) is 0 Å². The minimum atomic E-state index is -1.07. The number of amides is 2. The molecule has 13 nitrogen and oxygen atoms in total. The minimum absolute atomic E-state index is 0.0805. The maximum Gasteiger partial charge on any atom is 0.345 e. The quantitative estimate of drug-likeness (QED) is 0.0570. The van der Waals surface area contributed by atoms with Gasteiger partial charge in [-0.3, -0.25) is 29.7 Å². The van der Waals surface area contributed by atoms with Crippen LogP contribution in [0.5, 0.6) is 0 Å². The van der Waals surface area contributed by atoms with Crippen LogP contribution < -0.4 is 32.9 Å². The van der Waals surface area contributed by atoms with Crippen molar-refractivity contribution in [3.63, 3.8) is 0 Å². The summed E-state index contributed by atoms with van der Waals surface area (Å²) in [6.45, 7) is 1.68. The number of ether oxygens (including phenoxy) is 1. The predicted molar refractivity (Wildman–Crippen MR) is 151 cm³/mol. The number of nitrogens with zero attached hydrogens (tertiary/aromatic N) is 3. The van der Waals surface area contributed by atoms with Crippen LogP contribution in [0.1, 0.15) is 28.4 Å². The summed E-state index contributed by atoms with van der Waals surface area (Å²) in [7, 11) is 0. The molecule has 3 aromatic rings. The molecule has 40 heavy (non-hydrogen) atoms. The number of esters is 1. The number of hydrazine groups is 1. The number of nitrogens with one attached hydrogen (secondary N) is 3. The number of aromatic amines is 1. The van der Waals surface area contributed by atoms with E-state index in [9.17, 15) is 19.2 Å². The zero-order valence-corrected chi connectivity index (χ0v) is 22.1. The first-order valence-corrected chi connectivity index (χ1v) is 12.3. The van der Waals surface area contributed by atoms with Gasteiger partial charge in [0.05, 0.1) is 18.5 Å². The normalized spacial score (nSPS) is 11.8. The van der Waals surface area contributed by atoms with E-state index in [0.717, 1.165) is 16.8 Å². The number of hydrazone groups is 1. The molecule has 0 saturated carbocycles. The van der Waals surface area contributed by atoms with Crippen LogP contribution in [0.15, 0.2) is 70.7 Å². The fourth-order valence-electron chi connectivity index (χ4n) is 3.49. The summed E-state index contributed by atoms with van der Waals surface area (Å²) in [6.07, 6.45) is 4.98. The molecule has 0 saturated heterocycles. The van der Waals surface area contributed by atoms with Gasteiger partial charge in [0, 0.05) is 23.1 Å². The Hall–Kier alpha value is -5.01. The second-order valence-electron chi connectivity index (χ2n) is 8.14. The molecule has 0 spiro atoms. The lowest BCUT2D eigenvalue weighted by Crippen LogP contribution is -2.45. The van der Waals surface area contributed by atoms with E-state index in [0.29, 0.717) is 16.3 Å². The first kappa shape index (κ1) is 29.5. The molecule has 0 unspecified atom stereocenters. The second kappa shape index (κ2) is 14.2. The third-order valence-corrected chi connectivity index (χ3v) is 5.56. The number of rotatable bonds is 11. The summed E-state index contributed by atoms with van der Waals surface area (Å²) in [5, 5.41) is 10.0. The number of H-pyrrole nitrogens is 1. The van der Waals surface area contributed by atoms with Gasteiger partial charge in [0.25, 0.3) is 5.56 Å². The third kappa shape index (κ3) is 8.24. The standard InChI is InChI=1S/C26H27ClN8O5/c1-2-40-25(39)19-14-30-26(33-23(19)37)34-24(38)20(12-16-6-4-3-5-7-16)32-22(36)11-8-17-13-18(27)9-10-21(17)35(29)15-31-28/h3-11,13-15,20H,2,12,28-29H2,1H3,(H,32,36)(H2,30,33,34,37,38)/b11-8+,31-15-/t20-/m0/s1. The van der Waals surface area contributed by atoms with Crippen molar-refractivity contribution in [1.82, 2.24) is 15.3 Å². The third-order valence-electron chi connectivity index (χ3n) is 5.32. The maximum atomic E-state index is 13.1. The molecule has 7 N–H and O–H groups in total. The number of halogens is 1. The molecule has 1 heterocycles. The number of aromatic nitrogens is 2. The van der Waals surface area contributed by atoms with E-state index in [1.165, 1.54) is 18.5 Å². The van der Waals surface area contributed by atoms with Gasteiger partial charge in [-0.2, -0.15) is 5.10 Å². The number of benzene rings is 2. The van der Waals surface area contributed by atoms with Crippen molar-refractivity contribution >= 4 is 53.4 Å². The van der Waals surface area contributed by atoms with E-state index >= 15 is 0 Å². The lowest BCUT2D eigenvalue weighted by molar-refractivity contribution is -0.123. The summed E-state index contributed by atoms with van der Waals surface area (Å²) in [4.78, 5) is 56.4. The van der Waals surface area contributed by atoms with Crippen LogP contribution in [0.3, 0.4) is 0 Å². The number of hydrogen-bond donors (Lipinski definition) is 5. The van der Waals surface area contributed by atoms with E-state index in [-0.39, 0.29) is 24.5 Å². The first-order valence-electron chi connectivity index (χ1n) is 11.9. The minimum Gasteiger partial charge on any atom is -0.462 e. The van der Waals surface area contributed by atoms with Crippen LogP contribution in [0.4, 0.5) is 11.6 Å². The number of carbonyl (C=O) groups is 3. The Balaban J connectivity index is 1.81. The van der Waals surface area contributed by atoms with Gasteiger partial charge in [0.2, 0.25) is 17.8 Å². The molecule has 0 radical (unpaired) electrons. The first-order chi connectivity index (χ1) is 19.2. The highest BCUT2D eigenvalue weighted by molar-refractivity contribution is 6.30. The summed E-state index contributed by atoms with van der Waals surface area (Å²) in [5.74, 6) is 8.77. The summed E-state index contributed by atoms with van der Waals surface area (Å²) < 4.78 is 4.80. The van der Waals surface area contributed by atoms with Gasteiger partial charge in [0.1, 0.15) is 17.9 Å². The smallest absolute Gasteiger partial charge is 0.345 e. The van der Waals surface area contributed by atoms with Gasteiger partial charge in [0.15, 0.2) is 0 Å². The van der Waals surface area contributed by atoms with Gasteiger partial charge in [-0.25, -0.2) is 15.6 Å². The second-order valence-corrected chi connectivity index (χ2v) is 8.58. The van der Waals surface area contributed by atoms with Crippen LogP contribution in [0, 0.1) is 0 Å². The van der Waals surface area contributed by atoms with Crippen LogP contribution in [-0.4, -0.2) is 46.7 Å². The SMILES string of the molecule is CCOC(=O)c1cnc(NC(=O)[C@H](Cc2ccccc2)NC(=O)/C=C/c2cc(Cl)ccc2N(N)/C=N\N)[nH]c1=O.